The van der Waals surface area contributed by atoms with Gasteiger partial charge in [-0.25, -0.2) is 4.90 Å². The van der Waals surface area contributed by atoms with Gasteiger partial charge in [0.25, 0.3) is 11.8 Å². The summed E-state index contributed by atoms with van der Waals surface area (Å²) in [5.41, 5.74) is 1.35. The number of nitrogens with zero attached hydrogens (tertiary/aromatic N) is 1. The summed E-state index contributed by atoms with van der Waals surface area (Å²) in [5.74, 6) is 0.00818. The van der Waals surface area contributed by atoms with Crippen LogP contribution in [0.1, 0.15) is 27.6 Å². The molecule has 0 N–H and O–H groups in total. The van der Waals surface area contributed by atoms with Crippen LogP contribution in [0.15, 0.2) is 46.9 Å². The second kappa shape index (κ2) is 5.33. The zero-order valence-corrected chi connectivity index (χ0v) is 12.9. The van der Waals surface area contributed by atoms with E-state index in [4.69, 9.17) is 4.74 Å². The van der Waals surface area contributed by atoms with Crippen LogP contribution < -0.4 is 9.64 Å². The predicted molar refractivity (Wildman–Crippen MR) is 82.9 cm³/mol. The van der Waals surface area contributed by atoms with Crippen LogP contribution in [0.2, 0.25) is 0 Å². The minimum Gasteiger partial charge on any atom is -0.494 e. The summed E-state index contributed by atoms with van der Waals surface area (Å²) < 4.78 is 6.19. The van der Waals surface area contributed by atoms with Gasteiger partial charge in [-0.3, -0.25) is 9.59 Å². The second-order valence-electron chi connectivity index (χ2n) is 4.57. The van der Waals surface area contributed by atoms with Crippen molar-refractivity contribution in [1.29, 1.82) is 0 Å². The van der Waals surface area contributed by atoms with E-state index >= 15 is 0 Å². The molecule has 0 saturated heterocycles. The molecule has 2 aromatic rings. The first-order valence-corrected chi connectivity index (χ1v) is 7.32. The minimum absolute atomic E-state index is 0.309. The summed E-state index contributed by atoms with van der Waals surface area (Å²) >= 11 is 3.32. The molecular formula is C16H12BrNO3. The largest absolute Gasteiger partial charge is 0.494 e. The zero-order valence-electron chi connectivity index (χ0n) is 11.3. The number of hydrogen-bond acceptors (Lipinski definition) is 3. The maximum atomic E-state index is 12.5. The lowest BCUT2D eigenvalue weighted by molar-refractivity contribution is 0.0926. The van der Waals surface area contributed by atoms with Crippen LogP contribution >= 0.6 is 15.9 Å². The Bertz CT molecular complexity index is 742. The third kappa shape index (κ3) is 2.34. The molecule has 0 radical (unpaired) electrons. The highest BCUT2D eigenvalue weighted by molar-refractivity contribution is 9.10. The third-order valence-corrected chi connectivity index (χ3v) is 3.73. The van der Waals surface area contributed by atoms with Crippen molar-refractivity contribution in [1.82, 2.24) is 0 Å². The molecule has 4 nitrogen and oxygen atoms in total. The molecule has 0 atom stereocenters. The van der Waals surface area contributed by atoms with E-state index < -0.39 is 0 Å². The Morgan fingerprint density at radius 3 is 2.57 bits per heavy atom. The number of rotatable bonds is 3. The van der Waals surface area contributed by atoms with Gasteiger partial charge in [-0.15, -0.1) is 0 Å². The van der Waals surface area contributed by atoms with E-state index in [0.29, 0.717) is 29.2 Å². The van der Waals surface area contributed by atoms with E-state index in [1.165, 1.54) is 4.90 Å². The lowest BCUT2D eigenvalue weighted by Crippen LogP contribution is -2.29. The number of carbonyl (C=O) groups is 2. The van der Waals surface area contributed by atoms with Gasteiger partial charge in [-0.05, 0) is 37.3 Å². The van der Waals surface area contributed by atoms with Crippen molar-refractivity contribution in [2.24, 2.45) is 0 Å². The molecule has 3 rings (SSSR count). The number of halogens is 1. The zero-order chi connectivity index (χ0) is 15.0. The number of hydrogen-bond donors (Lipinski definition) is 0. The Morgan fingerprint density at radius 2 is 1.81 bits per heavy atom. The van der Waals surface area contributed by atoms with E-state index in [1.54, 1.807) is 42.5 Å². The molecule has 5 heteroatoms. The van der Waals surface area contributed by atoms with Crippen LogP contribution in [0, 0.1) is 0 Å². The fourth-order valence-corrected chi connectivity index (χ4v) is 2.69. The van der Waals surface area contributed by atoms with Gasteiger partial charge in [0.2, 0.25) is 0 Å². The van der Waals surface area contributed by atoms with Crippen molar-refractivity contribution in [2.45, 2.75) is 6.92 Å². The van der Waals surface area contributed by atoms with E-state index in [0.717, 1.165) is 4.47 Å². The average Bonchev–Trinajstić information content (AvgIpc) is 2.71. The van der Waals surface area contributed by atoms with Gasteiger partial charge in [-0.1, -0.05) is 22.0 Å². The summed E-state index contributed by atoms with van der Waals surface area (Å²) in [4.78, 5) is 26.1. The number of amides is 2. The third-order valence-electron chi connectivity index (χ3n) is 3.24. The Balaban J connectivity index is 2.03. The molecule has 1 aliphatic rings. The van der Waals surface area contributed by atoms with Gasteiger partial charge < -0.3 is 4.74 Å². The molecule has 0 aliphatic carbocycles. The first-order valence-electron chi connectivity index (χ1n) is 6.53. The predicted octanol–water partition coefficient (Wildman–Crippen LogP) is 3.65. The van der Waals surface area contributed by atoms with Crippen LogP contribution in [0.5, 0.6) is 5.75 Å². The van der Waals surface area contributed by atoms with Gasteiger partial charge in [0, 0.05) is 10.5 Å². The SMILES string of the molecule is CCOc1cccc(N2C(=O)c3ccc(Br)cc3C2=O)c1. The number of fused-ring (bicyclic) bond motifs is 1. The van der Waals surface area contributed by atoms with E-state index in [-0.39, 0.29) is 11.8 Å². The van der Waals surface area contributed by atoms with Crippen LogP contribution in [-0.4, -0.2) is 18.4 Å². The van der Waals surface area contributed by atoms with Crippen LogP contribution in [0.4, 0.5) is 5.69 Å². The molecule has 1 heterocycles. The lowest BCUT2D eigenvalue weighted by Gasteiger charge is -2.15. The molecule has 1 aliphatic heterocycles. The monoisotopic (exact) mass is 345 g/mol. The Morgan fingerprint density at radius 1 is 1.05 bits per heavy atom. The fraction of sp³-hybridized carbons (Fsp3) is 0.125. The van der Waals surface area contributed by atoms with Gasteiger partial charge in [-0.2, -0.15) is 0 Å². The van der Waals surface area contributed by atoms with Gasteiger partial charge >= 0.3 is 0 Å². The Labute approximate surface area is 130 Å². The number of imide groups is 1. The molecule has 21 heavy (non-hydrogen) atoms. The molecule has 0 spiro atoms. The summed E-state index contributed by atoms with van der Waals surface area (Å²) in [5, 5.41) is 0. The second-order valence-corrected chi connectivity index (χ2v) is 5.48. The van der Waals surface area contributed by atoms with Gasteiger partial charge in [0.15, 0.2) is 0 Å². The molecule has 106 valence electrons. The van der Waals surface area contributed by atoms with Crippen molar-refractivity contribution < 1.29 is 14.3 Å². The summed E-state index contributed by atoms with van der Waals surface area (Å²) in [6.45, 7) is 2.41. The summed E-state index contributed by atoms with van der Waals surface area (Å²) in [6, 6.07) is 12.1. The van der Waals surface area contributed by atoms with E-state index in [1.807, 2.05) is 6.92 Å². The normalized spacial score (nSPS) is 13.5. The first-order chi connectivity index (χ1) is 10.1. The highest BCUT2D eigenvalue weighted by Crippen LogP contribution is 2.31. The number of carbonyl (C=O) groups excluding carboxylic acids is 2. The number of anilines is 1. The van der Waals surface area contributed by atoms with Crippen LogP contribution in [0.3, 0.4) is 0 Å². The van der Waals surface area contributed by atoms with Crippen molar-refractivity contribution in [3.8, 4) is 5.75 Å². The summed E-state index contributed by atoms with van der Waals surface area (Å²) in [6.07, 6.45) is 0. The highest BCUT2D eigenvalue weighted by atomic mass is 79.9. The quantitative estimate of drug-likeness (QED) is 0.797. The first kappa shape index (κ1) is 13.8. The molecule has 0 aromatic heterocycles. The average molecular weight is 346 g/mol. The van der Waals surface area contributed by atoms with Crippen LogP contribution in [-0.2, 0) is 0 Å². The van der Waals surface area contributed by atoms with Crippen molar-refractivity contribution in [3.05, 3.63) is 58.1 Å². The smallest absolute Gasteiger partial charge is 0.266 e. The molecule has 2 amide bonds. The molecule has 0 saturated carbocycles. The molecule has 2 aromatic carbocycles. The fourth-order valence-electron chi connectivity index (χ4n) is 2.33. The summed E-state index contributed by atoms with van der Waals surface area (Å²) in [7, 11) is 0. The molecule has 0 bridgehead atoms. The standard InChI is InChI=1S/C16H12BrNO3/c1-2-21-12-5-3-4-11(9-12)18-15(19)13-7-6-10(17)8-14(13)16(18)20/h3-9H,2H2,1H3. The van der Waals surface area contributed by atoms with Gasteiger partial charge in [0.1, 0.15) is 5.75 Å². The van der Waals surface area contributed by atoms with E-state index in [9.17, 15) is 9.59 Å². The number of benzene rings is 2. The highest BCUT2D eigenvalue weighted by Gasteiger charge is 2.36. The van der Waals surface area contributed by atoms with E-state index in [2.05, 4.69) is 15.9 Å². The number of ether oxygens (including phenoxy) is 1. The van der Waals surface area contributed by atoms with Crippen LogP contribution in [0.25, 0.3) is 0 Å². The van der Waals surface area contributed by atoms with Crippen molar-refractivity contribution >= 4 is 33.4 Å². The topological polar surface area (TPSA) is 46.6 Å². The maximum Gasteiger partial charge on any atom is 0.266 e. The maximum absolute atomic E-state index is 12.5. The molecule has 0 fully saturated rings. The molecular weight excluding hydrogens is 334 g/mol. The van der Waals surface area contributed by atoms with Crippen molar-refractivity contribution in [2.75, 3.05) is 11.5 Å². The van der Waals surface area contributed by atoms with Crippen molar-refractivity contribution in [3.63, 3.8) is 0 Å². The van der Waals surface area contributed by atoms with Gasteiger partial charge in [0.05, 0.1) is 23.4 Å². The minimum atomic E-state index is -0.315. The Kier molecular flexibility index (Phi) is 3.51. The molecule has 0 unspecified atom stereocenters. The Hall–Kier alpha value is -2.14. The lowest BCUT2D eigenvalue weighted by atomic mass is 10.1.